The van der Waals surface area contributed by atoms with Gasteiger partial charge in [0.05, 0.1) is 0 Å². The molecule has 0 aliphatic heterocycles. The molecule has 0 atom stereocenters. The van der Waals surface area contributed by atoms with Crippen LogP contribution in [0.3, 0.4) is 0 Å². The summed E-state index contributed by atoms with van der Waals surface area (Å²) >= 11 is 0. The number of aromatic nitrogens is 3. The Balaban J connectivity index is 2.55. The van der Waals surface area contributed by atoms with Gasteiger partial charge in [0.15, 0.2) is 11.3 Å². The molecule has 0 fully saturated rings. The Morgan fingerprint density at radius 3 is 2.88 bits per heavy atom. The maximum absolute atomic E-state index is 11.5. The molecule has 0 saturated heterocycles. The first-order valence-electron chi connectivity index (χ1n) is 4.54. The number of fused-ring (bicyclic) bond motifs is 1. The van der Waals surface area contributed by atoms with E-state index in [-0.39, 0.29) is 5.65 Å². The number of nitrogens with one attached hydrogen (secondary N) is 2. The molecule has 0 unspecified atom stereocenters. The topological polar surface area (TPSA) is 131 Å². The van der Waals surface area contributed by atoms with Gasteiger partial charge in [0.25, 0.3) is 11.5 Å². The van der Waals surface area contributed by atoms with Crippen molar-refractivity contribution in [1.82, 2.24) is 20.3 Å². The number of nitrogens with two attached hydrogens (primary N) is 1. The van der Waals surface area contributed by atoms with Crippen LogP contribution in [0, 0.1) is 0 Å². The van der Waals surface area contributed by atoms with E-state index < -0.39 is 23.2 Å². The van der Waals surface area contributed by atoms with Gasteiger partial charge in [-0.2, -0.15) is 0 Å². The summed E-state index contributed by atoms with van der Waals surface area (Å²) in [4.78, 5) is 43.4. The van der Waals surface area contributed by atoms with Crippen molar-refractivity contribution in [2.75, 3.05) is 0 Å². The molecule has 0 radical (unpaired) electrons. The summed E-state index contributed by atoms with van der Waals surface area (Å²) in [6.45, 7) is 0. The molecular formula is C9H7N5O3. The van der Waals surface area contributed by atoms with Crippen molar-refractivity contribution in [3.8, 4) is 0 Å². The van der Waals surface area contributed by atoms with Crippen molar-refractivity contribution in [1.29, 1.82) is 0 Å². The third kappa shape index (κ3) is 2.09. The van der Waals surface area contributed by atoms with Crippen molar-refractivity contribution < 1.29 is 9.59 Å². The molecule has 17 heavy (non-hydrogen) atoms. The molecule has 3 amide bonds. The van der Waals surface area contributed by atoms with Crippen LogP contribution in [0.5, 0.6) is 0 Å². The molecule has 8 nitrogen and oxygen atoms in total. The van der Waals surface area contributed by atoms with Crippen LogP contribution in [0.4, 0.5) is 4.79 Å². The summed E-state index contributed by atoms with van der Waals surface area (Å²) in [5.74, 6) is -0.954. The number of hydrogen-bond donors (Lipinski definition) is 3. The van der Waals surface area contributed by atoms with Crippen molar-refractivity contribution >= 4 is 23.1 Å². The molecule has 8 heteroatoms. The lowest BCUT2D eigenvalue weighted by molar-refractivity contribution is 0.0960. The van der Waals surface area contributed by atoms with E-state index >= 15 is 0 Å². The van der Waals surface area contributed by atoms with Crippen molar-refractivity contribution in [3.05, 3.63) is 34.4 Å². The highest BCUT2D eigenvalue weighted by atomic mass is 16.2. The van der Waals surface area contributed by atoms with Crippen LogP contribution < -0.4 is 16.6 Å². The number of pyridine rings is 1. The molecular weight excluding hydrogens is 226 g/mol. The van der Waals surface area contributed by atoms with Crippen LogP contribution in [-0.4, -0.2) is 26.9 Å². The zero-order valence-corrected chi connectivity index (χ0v) is 8.43. The second kappa shape index (κ2) is 4.00. The van der Waals surface area contributed by atoms with Crippen LogP contribution in [0.25, 0.3) is 11.2 Å². The summed E-state index contributed by atoms with van der Waals surface area (Å²) in [7, 11) is 0. The predicted octanol–water partition coefficient (Wildman–Crippen LogP) is -0.873. The van der Waals surface area contributed by atoms with E-state index in [1.165, 1.54) is 6.20 Å². The SMILES string of the molecule is NC(=O)NC(=O)c1nc2cccnc2[nH]c1=O. The highest BCUT2D eigenvalue weighted by Crippen LogP contribution is 2.02. The zero-order valence-electron chi connectivity index (χ0n) is 8.43. The summed E-state index contributed by atoms with van der Waals surface area (Å²) in [6, 6.07) is 2.12. The summed E-state index contributed by atoms with van der Waals surface area (Å²) in [6.07, 6.45) is 1.48. The van der Waals surface area contributed by atoms with Gasteiger partial charge in [-0.25, -0.2) is 14.8 Å². The zero-order chi connectivity index (χ0) is 12.4. The highest BCUT2D eigenvalue weighted by molar-refractivity contribution is 6.02. The van der Waals surface area contributed by atoms with Crippen molar-refractivity contribution in [3.63, 3.8) is 0 Å². The number of primary amides is 1. The predicted molar refractivity (Wildman–Crippen MR) is 57.2 cm³/mol. The van der Waals surface area contributed by atoms with E-state index in [2.05, 4.69) is 15.0 Å². The van der Waals surface area contributed by atoms with Gasteiger partial charge in [-0.3, -0.25) is 14.9 Å². The Labute approximate surface area is 93.9 Å². The van der Waals surface area contributed by atoms with E-state index in [4.69, 9.17) is 5.73 Å². The molecule has 0 spiro atoms. The normalized spacial score (nSPS) is 10.1. The minimum atomic E-state index is -1.05. The van der Waals surface area contributed by atoms with Crippen LogP contribution in [0.1, 0.15) is 10.5 Å². The van der Waals surface area contributed by atoms with Crippen LogP contribution in [-0.2, 0) is 0 Å². The first-order valence-corrected chi connectivity index (χ1v) is 4.54. The molecule has 0 aromatic carbocycles. The average molecular weight is 233 g/mol. The first-order chi connectivity index (χ1) is 8.08. The Morgan fingerprint density at radius 1 is 1.41 bits per heavy atom. The lowest BCUT2D eigenvalue weighted by Crippen LogP contribution is -2.38. The maximum atomic E-state index is 11.5. The van der Waals surface area contributed by atoms with Crippen LogP contribution in [0.2, 0.25) is 0 Å². The Hall–Kier alpha value is -2.77. The molecule has 86 valence electrons. The number of nitrogens with zero attached hydrogens (tertiary/aromatic N) is 2. The third-order valence-corrected chi connectivity index (χ3v) is 1.92. The molecule has 0 aliphatic carbocycles. The standard InChI is InChI=1S/C9H7N5O3/c10-9(17)14-8(16)5-7(15)13-6-4(12-5)2-1-3-11-6/h1-3H,(H,11,13,15)(H3,10,14,16,17). The second-order valence-corrected chi connectivity index (χ2v) is 3.10. The second-order valence-electron chi connectivity index (χ2n) is 3.10. The summed E-state index contributed by atoms with van der Waals surface area (Å²) < 4.78 is 0. The molecule has 2 heterocycles. The number of imide groups is 1. The number of amides is 3. The number of aromatic amines is 1. The fourth-order valence-corrected chi connectivity index (χ4v) is 1.25. The van der Waals surface area contributed by atoms with Crippen LogP contribution >= 0.6 is 0 Å². The van der Waals surface area contributed by atoms with Gasteiger partial charge in [0, 0.05) is 6.20 Å². The highest BCUT2D eigenvalue weighted by Gasteiger charge is 2.15. The van der Waals surface area contributed by atoms with Crippen LogP contribution in [0.15, 0.2) is 23.1 Å². The van der Waals surface area contributed by atoms with Gasteiger partial charge in [-0.05, 0) is 12.1 Å². The van der Waals surface area contributed by atoms with E-state index in [0.29, 0.717) is 5.52 Å². The van der Waals surface area contributed by atoms with Gasteiger partial charge in [-0.15, -0.1) is 0 Å². The lowest BCUT2D eigenvalue weighted by Gasteiger charge is -2.00. The fourth-order valence-electron chi connectivity index (χ4n) is 1.25. The minimum absolute atomic E-state index is 0.258. The molecule has 4 N–H and O–H groups in total. The smallest absolute Gasteiger partial charge is 0.319 e. The lowest BCUT2D eigenvalue weighted by atomic mass is 10.3. The third-order valence-electron chi connectivity index (χ3n) is 1.92. The molecule has 0 bridgehead atoms. The van der Waals surface area contributed by atoms with E-state index in [1.807, 2.05) is 0 Å². The molecule has 2 rings (SSSR count). The van der Waals surface area contributed by atoms with Crippen molar-refractivity contribution in [2.24, 2.45) is 5.73 Å². The number of hydrogen-bond acceptors (Lipinski definition) is 5. The monoisotopic (exact) mass is 233 g/mol. The maximum Gasteiger partial charge on any atom is 0.319 e. The fraction of sp³-hybridized carbons (Fsp3) is 0. The van der Waals surface area contributed by atoms with E-state index in [0.717, 1.165) is 0 Å². The van der Waals surface area contributed by atoms with Crippen molar-refractivity contribution in [2.45, 2.75) is 0 Å². The van der Waals surface area contributed by atoms with Gasteiger partial charge in [-0.1, -0.05) is 0 Å². The molecule has 0 saturated carbocycles. The number of rotatable bonds is 1. The van der Waals surface area contributed by atoms with Gasteiger partial charge < -0.3 is 10.7 Å². The van der Waals surface area contributed by atoms with Gasteiger partial charge in [0.2, 0.25) is 0 Å². The summed E-state index contributed by atoms with van der Waals surface area (Å²) in [5, 5.41) is 1.76. The average Bonchev–Trinajstić information content (AvgIpc) is 2.27. The molecule has 2 aromatic heterocycles. The Morgan fingerprint density at radius 2 is 2.18 bits per heavy atom. The number of carbonyl (C=O) groups is 2. The minimum Gasteiger partial charge on any atom is -0.351 e. The molecule has 0 aliphatic rings. The number of carbonyl (C=O) groups excluding carboxylic acids is 2. The van der Waals surface area contributed by atoms with Gasteiger partial charge in [0.1, 0.15) is 5.52 Å². The summed E-state index contributed by atoms with van der Waals surface area (Å²) in [5.41, 5.74) is 4.18. The molecule has 2 aromatic rings. The first kappa shape index (κ1) is 10.7. The Kier molecular flexibility index (Phi) is 2.53. The van der Waals surface area contributed by atoms with E-state index in [9.17, 15) is 14.4 Å². The number of urea groups is 1. The Bertz CT molecular complexity index is 663. The quantitative estimate of drug-likeness (QED) is 0.589. The van der Waals surface area contributed by atoms with Gasteiger partial charge >= 0.3 is 6.03 Å². The number of H-pyrrole nitrogens is 1. The largest absolute Gasteiger partial charge is 0.351 e. The van der Waals surface area contributed by atoms with E-state index in [1.54, 1.807) is 17.4 Å².